The Labute approximate surface area is 252 Å². The summed E-state index contributed by atoms with van der Waals surface area (Å²) in [6.07, 6.45) is 2.89. The average Bonchev–Trinajstić information content (AvgIpc) is 2.95. The molecule has 1 atom stereocenters. The minimum absolute atomic E-state index is 0.00452. The Morgan fingerprint density at radius 3 is 2.32 bits per heavy atom. The average molecular weight is 621 g/mol. The number of hydrogen-bond acceptors (Lipinski definition) is 5. The van der Waals surface area contributed by atoms with Crippen LogP contribution < -0.4 is 14.4 Å². The van der Waals surface area contributed by atoms with E-state index in [1.54, 1.807) is 31.4 Å². The third kappa shape index (κ3) is 9.11. The van der Waals surface area contributed by atoms with E-state index in [9.17, 15) is 18.0 Å². The van der Waals surface area contributed by atoms with E-state index in [1.165, 1.54) is 17.0 Å². The fourth-order valence-electron chi connectivity index (χ4n) is 4.31. The fourth-order valence-corrected chi connectivity index (χ4v) is 5.61. The van der Waals surface area contributed by atoms with Crippen LogP contribution in [0.2, 0.25) is 10.0 Å². The number of methoxy groups -OCH3 is 1. The van der Waals surface area contributed by atoms with E-state index in [1.807, 2.05) is 43.3 Å². The molecule has 2 amide bonds. The van der Waals surface area contributed by atoms with Gasteiger partial charge in [-0.05, 0) is 41.8 Å². The number of carbonyl (C=O) groups excluding carboxylic acids is 2. The highest BCUT2D eigenvalue weighted by Crippen LogP contribution is 2.34. The number of carbonyl (C=O) groups is 2. The molecule has 0 aliphatic rings. The monoisotopic (exact) mass is 619 g/mol. The molecule has 0 aliphatic carbocycles. The zero-order chi connectivity index (χ0) is 30.0. The Balaban J connectivity index is 2.07. The molecular formula is C30H35Cl2N3O5S. The molecule has 0 aliphatic heterocycles. The minimum atomic E-state index is -3.97. The molecule has 0 heterocycles. The summed E-state index contributed by atoms with van der Waals surface area (Å²) in [6, 6.07) is 20.2. The SMILES string of the molecule is CCCCNC(=O)[C@@H](Cc1ccccc1)N(Cc1cccc(OC)c1)C(=O)CN(c1cccc(Cl)c1Cl)S(C)(=O)=O. The van der Waals surface area contributed by atoms with Crippen molar-refractivity contribution in [2.24, 2.45) is 0 Å². The van der Waals surface area contributed by atoms with E-state index in [0.29, 0.717) is 17.9 Å². The zero-order valence-electron chi connectivity index (χ0n) is 23.3. The van der Waals surface area contributed by atoms with Gasteiger partial charge >= 0.3 is 0 Å². The smallest absolute Gasteiger partial charge is 0.244 e. The van der Waals surface area contributed by atoms with Gasteiger partial charge in [0, 0.05) is 19.5 Å². The lowest BCUT2D eigenvalue weighted by Gasteiger charge is -2.33. The van der Waals surface area contributed by atoms with Gasteiger partial charge in [-0.3, -0.25) is 13.9 Å². The molecule has 0 radical (unpaired) electrons. The van der Waals surface area contributed by atoms with Gasteiger partial charge in [-0.15, -0.1) is 0 Å². The molecule has 0 fully saturated rings. The van der Waals surface area contributed by atoms with E-state index in [0.717, 1.165) is 29.0 Å². The van der Waals surface area contributed by atoms with Gasteiger partial charge in [-0.25, -0.2) is 8.42 Å². The second-order valence-corrected chi connectivity index (χ2v) is 12.3. The highest BCUT2D eigenvalue weighted by Gasteiger charge is 2.33. The van der Waals surface area contributed by atoms with Crippen molar-refractivity contribution in [3.05, 3.63) is 94.0 Å². The Morgan fingerprint density at radius 1 is 0.976 bits per heavy atom. The number of nitrogens with one attached hydrogen (secondary N) is 1. The molecule has 1 N–H and O–H groups in total. The molecule has 0 spiro atoms. The van der Waals surface area contributed by atoms with Crippen LogP contribution in [0.25, 0.3) is 0 Å². The van der Waals surface area contributed by atoms with Crippen molar-refractivity contribution in [1.29, 1.82) is 0 Å². The number of nitrogens with zero attached hydrogens (tertiary/aromatic N) is 2. The maximum absolute atomic E-state index is 14.1. The lowest BCUT2D eigenvalue weighted by atomic mass is 10.0. The summed E-state index contributed by atoms with van der Waals surface area (Å²) in [5, 5.41) is 3.10. The fraction of sp³-hybridized carbons (Fsp3) is 0.333. The maximum Gasteiger partial charge on any atom is 0.244 e. The molecular weight excluding hydrogens is 585 g/mol. The lowest BCUT2D eigenvalue weighted by molar-refractivity contribution is -0.140. The molecule has 41 heavy (non-hydrogen) atoms. The second-order valence-electron chi connectivity index (χ2n) is 9.57. The molecule has 11 heteroatoms. The van der Waals surface area contributed by atoms with Crippen LogP contribution in [0.1, 0.15) is 30.9 Å². The van der Waals surface area contributed by atoms with E-state index in [4.69, 9.17) is 27.9 Å². The maximum atomic E-state index is 14.1. The predicted molar refractivity (Wildman–Crippen MR) is 164 cm³/mol. The number of halogens is 2. The number of unbranched alkanes of at least 4 members (excludes halogenated alkanes) is 1. The summed E-state index contributed by atoms with van der Waals surface area (Å²) in [6.45, 7) is 1.92. The van der Waals surface area contributed by atoms with Gasteiger partial charge in [0.1, 0.15) is 18.3 Å². The molecule has 0 saturated carbocycles. The quantitative estimate of drug-likeness (QED) is 0.246. The summed E-state index contributed by atoms with van der Waals surface area (Å²) >= 11 is 12.5. The molecule has 3 aromatic rings. The number of anilines is 1. The van der Waals surface area contributed by atoms with Gasteiger partial charge < -0.3 is 15.0 Å². The molecule has 0 unspecified atom stereocenters. The topological polar surface area (TPSA) is 96.0 Å². The lowest BCUT2D eigenvalue weighted by Crippen LogP contribution is -2.53. The zero-order valence-corrected chi connectivity index (χ0v) is 25.7. The van der Waals surface area contributed by atoms with Crippen molar-refractivity contribution >= 4 is 50.7 Å². The number of hydrogen-bond donors (Lipinski definition) is 1. The van der Waals surface area contributed by atoms with Crippen LogP contribution in [0.3, 0.4) is 0 Å². The standard InChI is InChI=1S/C30H35Cl2N3O5S/c1-4-5-17-33-30(37)27(19-22-11-7-6-8-12-22)34(20-23-13-9-14-24(18-23)40-2)28(36)21-35(41(3,38)39)26-16-10-15-25(31)29(26)32/h6-16,18,27H,4-5,17,19-21H2,1-3H3,(H,33,37)/t27-/m1/s1. The first kappa shape index (κ1) is 32.2. The van der Waals surface area contributed by atoms with Crippen LogP contribution in [0, 0.1) is 0 Å². The van der Waals surface area contributed by atoms with Gasteiger partial charge in [0.2, 0.25) is 21.8 Å². The Kier molecular flexibility index (Phi) is 11.9. The molecule has 220 valence electrons. The summed E-state index contributed by atoms with van der Waals surface area (Å²) in [5.41, 5.74) is 1.64. The van der Waals surface area contributed by atoms with E-state index in [2.05, 4.69) is 5.32 Å². The Hall–Kier alpha value is -3.27. The summed E-state index contributed by atoms with van der Waals surface area (Å²) in [5.74, 6) is -0.323. The van der Waals surface area contributed by atoms with Crippen molar-refractivity contribution in [2.45, 2.75) is 38.8 Å². The van der Waals surface area contributed by atoms with Gasteiger partial charge in [-0.1, -0.05) is 85.1 Å². The summed E-state index contributed by atoms with van der Waals surface area (Å²) < 4.78 is 32.1. The number of benzene rings is 3. The Morgan fingerprint density at radius 2 is 1.66 bits per heavy atom. The van der Waals surface area contributed by atoms with Crippen LogP contribution in [-0.4, -0.2) is 57.6 Å². The largest absolute Gasteiger partial charge is 0.497 e. The van der Waals surface area contributed by atoms with E-state index >= 15 is 0 Å². The summed E-state index contributed by atoms with van der Waals surface area (Å²) in [4.78, 5) is 29.2. The van der Waals surface area contributed by atoms with E-state index in [-0.39, 0.29) is 34.6 Å². The Bertz CT molecular complexity index is 1440. The number of sulfonamides is 1. The van der Waals surface area contributed by atoms with Crippen molar-refractivity contribution < 1.29 is 22.7 Å². The van der Waals surface area contributed by atoms with Crippen LogP contribution in [0.4, 0.5) is 5.69 Å². The van der Waals surface area contributed by atoms with Crippen LogP contribution in [0.15, 0.2) is 72.8 Å². The van der Waals surface area contributed by atoms with Crippen molar-refractivity contribution in [1.82, 2.24) is 10.2 Å². The predicted octanol–water partition coefficient (Wildman–Crippen LogP) is 5.32. The van der Waals surface area contributed by atoms with Gasteiger partial charge in [-0.2, -0.15) is 0 Å². The van der Waals surface area contributed by atoms with Crippen LogP contribution in [-0.2, 0) is 32.6 Å². The second kappa shape index (κ2) is 15.1. The van der Waals surface area contributed by atoms with Crippen LogP contribution in [0.5, 0.6) is 5.75 Å². The first-order valence-electron chi connectivity index (χ1n) is 13.2. The van der Waals surface area contributed by atoms with Gasteiger partial charge in [0.05, 0.1) is 29.1 Å². The summed E-state index contributed by atoms with van der Waals surface area (Å²) in [7, 11) is -2.43. The first-order chi connectivity index (χ1) is 19.5. The highest BCUT2D eigenvalue weighted by atomic mass is 35.5. The third-order valence-corrected chi connectivity index (χ3v) is 8.40. The molecule has 3 aromatic carbocycles. The van der Waals surface area contributed by atoms with Crippen molar-refractivity contribution in [2.75, 3.05) is 30.8 Å². The van der Waals surface area contributed by atoms with Gasteiger partial charge in [0.15, 0.2) is 0 Å². The van der Waals surface area contributed by atoms with E-state index < -0.39 is 28.5 Å². The minimum Gasteiger partial charge on any atom is -0.497 e. The first-order valence-corrected chi connectivity index (χ1v) is 15.8. The number of amides is 2. The van der Waals surface area contributed by atoms with Crippen molar-refractivity contribution in [3.8, 4) is 5.75 Å². The molecule has 8 nitrogen and oxygen atoms in total. The van der Waals surface area contributed by atoms with Crippen molar-refractivity contribution in [3.63, 3.8) is 0 Å². The molecule has 3 rings (SSSR count). The molecule has 0 aromatic heterocycles. The normalized spacial score (nSPS) is 11.9. The molecule has 0 saturated heterocycles. The van der Waals surface area contributed by atoms with Gasteiger partial charge in [0.25, 0.3) is 0 Å². The number of ether oxygens (including phenoxy) is 1. The van der Waals surface area contributed by atoms with Crippen LogP contribution >= 0.6 is 23.2 Å². The number of rotatable bonds is 14. The third-order valence-electron chi connectivity index (χ3n) is 6.47. The molecule has 0 bridgehead atoms. The highest BCUT2D eigenvalue weighted by molar-refractivity contribution is 7.92.